The molecule has 1 N–H and O–H groups in total. The summed E-state index contributed by atoms with van der Waals surface area (Å²) >= 11 is 5.14. The molecule has 1 atom stereocenters. The summed E-state index contributed by atoms with van der Waals surface area (Å²) in [5, 5.41) is 5.20. The number of rotatable bonds is 2. The monoisotopic (exact) mass is 336 g/mol. The van der Waals surface area contributed by atoms with Gasteiger partial charge in [0.15, 0.2) is 0 Å². The molecule has 0 saturated heterocycles. The highest BCUT2D eigenvalue weighted by molar-refractivity contribution is 9.10. The van der Waals surface area contributed by atoms with Gasteiger partial charge in [0.05, 0.1) is 6.04 Å². The number of halogens is 1. The van der Waals surface area contributed by atoms with Crippen LogP contribution in [0.1, 0.15) is 39.8 Å². The van der Waals surface area contributed by atoms with Crippen LogP contribution in [0.4, 0.5) is 0 Å². The lowest BCUT2D eigenvalue weighted by Crippen LogP contribution is -2.31. The third-order valence-electron chi connectivity index (χ3n) is 3.33. The number of aromatic nitrogens is 1. The number of carbonyl (C=O) groups excluding carboxylic acids is 1. The van der Waals surface area contributed by atoms with Gasteiger partial charge in [0.2, 0.25) is 0 Å². The van der Waals surface area contributed by atoms with Gasteiger partial charge in [-0.15, -0.1) is 11.3 Å². The number of carbonyl (C=O) groups is 1. The summed E-state index contributed by atoms with van der Waals surface area (Å²) in [4.78, 5) is 17.8. The van der Waals surface area contributed by atoms with E-state index in [0.29, 0.717) is 5.69 Å². The highest BCUT2D eigenvalue weighted by atomic mass is 79.9. The average Bonchev–Trinajstić information content (AvgIpc) is 2.88. The zero-order valence-electron chi connectivity index (χ0n) is 10.2. The van der Waals surface area contributed by atoms with Crippen LogP contribution in [0.25, 0.3) is 0 Å². The highest BCUT2D eigenvalue weighted by Crippen LogP contribution is 2.33. The molecular weight excluding hydrogens is 324 g/mol. The van der Waals surface area contributed by atoms with Gasteiger partial charge in [-0.25, -0.2) is 4.98 Å². The van der Waals surface area contributed by atoms with Crippen molar-refractivity contribution in [1.82, 2.24) is 10.3 Å². The van der Waals surface area contributed by atoms with E-state index in [9.17, 15) is 4.79 Å². The van der Waals surface area contributed by atoms with Gasteiger partial charge in [-0.1, -0.05) is 0 Å². The maximum Gasteiger partial charge on any atom is 0.271 e. The molecule has 0 fully saturated rings. The summed E-state index contributed by atoms with van der Waals surface area (Å²) in [5.41, 5.74) is 1.72. The summed E-state index contributed by atoms with van der Waals surface area (Å²) in [5.74, 6) is -0.114. The minimum atomic E-state index is -0.114. The van der Waals surface area contributed by atoms with E-state index in [-0.39, 0.29) is 11.9 Å². The van der Waals surface area contributed by atoms with Crippen LogP contribution in [0.5, 0.6) is 0 Å². The molecule has 2 aromatic rings. The van der Waals surface area contributed by atoms with Gasteiger partial charge in [-0.3, -0.25) is 4.79 Å². The van der Waals surface area contributed by atoms with E-state index < -0.39 is 0 Å². The summed E-state index contributed by atoms with van der Waals surface area (Å²) in [7, 11) is 0. The fourth-order valence-electron chi connectivity index (χ4n) is 2.42. The second-order valence-electron chi connectivity index (χ2n) is 4.55. The Bertz CT molecular complexity index is 611. The molecule has 0 radical (unpaired) electrons. The lowest BCUT2D eigenvalue weighted by Gasteiger charge is -2.23. The van der Waals surface area contributed by atoms with Crippen molar-refractivity contribution >= 4 is 33.2 Å². The molecule has 3 rings (SSSR count). The maximum absolute atomic E-state index is 12.3. The van der Waals surface area contributed by atoms with Crippen molar-refractivity contribution in [2.24, 2.45) is 0 Å². The van der Waals surface area contributed by atoms with Crippen LogP contribution in [0.2, 0.25) is 0 Å². The Hall–Kier alpha value is -1.20. The molecule has 0 spiro atoms. The Balaban J connectivity index is 1.80. The number of thiophene rings is 1. The number of hydrogen-bond donors (Lipinski definition) is 1. The molecule has 0 bridgehead atoms. The number of aryl methyl sites for hydroxylation is 1. The standard InChI is InChI=1S/C14H13BrN2OS/c15-10-3-2-7-16-13(10)14(18)17-11-4-1-5-12-9(11)6-8-19-12/h2-3,6-8,11H,1,4-5H2,(H,17,18). The predicted molar refractivity (Wildman–Crippen MR) is 79.4 cm³/mol. The van der Waals surface area contributed by atoms with Gasteiger partial charge in [0.25, 0.3) is 5.91 Å². The Morgan fingerprint density at radius 1 is 1.47 bits per heavy atom. The first kappa shape index (κ1) is 12.8. The number of nitrogens with zero attached hydrogens (tertiary/aromatic N) is 1. The second kappa shape index (κ2) is 5.43. The molecule has 0 saturated carbocycles. The first-order chi connectivity index (χ1) is 9.25. The Morgan fingerprint density at radius 3 is 3.21 bits per heavy atom. The first-order valence-electron chi connectivity index (χ1n) is 6.23. The molecule has 0 aliphatic heterocycles. The van der Waals surface area contributed by atoms with Crippen molar-refractivity contribution < 1.29 is 4.79 Å². The SMILES string of the molecule is O=C(NC1CCCc2sccc21)c1ncccc1Br. The number of nitrogens with one attached hydrogen (secondary N) is 1. The summed E-state index contributed by atoms with van der Waals surface area (Å²) < 4.78 is 0.730. The van der Waals surface area contributed by atoms with E-state index in [2.05, 4.69) is 37.7 Å². The van der Waals surface area contributed by atoms with E-state index in [1.807, 2.05) is 6.07 Å². The minimum absolute atomic E-state index is 0.114. The minimum Gasteiger partial charge on any atom is -0.344 e. The van der Waals surface area contributed by atoms with Crippen LogP contribution in [-0.2, 0) is 6.42 Å². The molecule has 2 heterocycles. The van der Waals surface area contributed by atoms with Gasteiger partial charge in [-0.05, 0) is 64.3 Å². The molecule has 5 heteroatoms. The van der Waals surface area contributed by atoms with E-state index >= 15 is 0 Å². The number of pyridine rings is 1. The molecule has 1 aliphatic rings. The van der Waals surface area contributed by atoms with Gasteiger partial charge < -0.3 is 5.32 Å². The van der Waals surface area contributed by atoms with Crippen molar-refractivity contribution in [3.05, 3.63) is 50.4 Å². The van der Waals surface area contributed by atoms with Crippen LogP contribution in [-0.4, -0.2) is 10.9 Å². The van der Waals surface area contributed by atoms with Crippen LogP contribution < -0.4 is 5.32 Å². The smallest absolute Gasteiger partial charge is 0.271 e. The van der Waals surface area contributed by atoms with Crippen molar-refractivity contribution in [1.29, 1.82) is 0 Å². The molecule has 1 unspecified atom stereocenters. The molecule has 1 amide bonds. The summed E-state index contributed by atoms with van der Waals surface area (Å²) in [6, 6.07) is 5.88. The Morgan fingerprint density at radius 2 is 2.37 bits per heavy atom. The molecule has 0 aromatic carbocycles. The van der Waals surface area contributed by atoms with Gasteiger partial charge in [0.1, 0.15) is 5.69 Å². The fraction of sp³-hybridized carbons (Fsp3) is 0.286. The van der Waals surface area contributed by atoms with Gasteiger partial charge in [-0.2, -0.15) is 0 Å². The van der Waals surface area contributed by atoms with Crippen LogP contribution >= 0.6 is 27.3 Å². The van der Waals surface area contributed by atoms with Crippen molar-refractivity contribution in [3.63, 3.8) is 0 Å². The normalized spacial score (nSPS) is 17.8. The molecule has 98 valence electrons. The Labute approximate surface area is 124 Å². The van der Waals surface area contributed by atoms with E-state index in [1.165, 1.54) is 10.4 Å². The Kier molecular flexibility index (Phi) is 3.66. The molecule has 19 heavy (non-hydrogen) atoms. The van der Waals surface area contributed by atoms with Gasteiger partial charge >= 0.3 is 0 Å². The number of amides is 1. The molecule has 3 nitrogen and oxygen atoms in total. The van der Waals surface area contributed by atoms with Gasteiger partial charge in [0, 0.05) is 15.5 Å². The van der Waals surface area contributed by atoms with Crippen LogP contribution in [0.15, 0.2) is 34.2 Å². The predicted octanol–water partition coefficient (Wildman–Crippen LogP) is 3.71. The lowest BCUT2D eigenvalue weighted by atomic mass is 9.94. The number of hydrogen-bond acceptors (Lipinski definition) is 3. The zero-order valence-corrected chi connectivity index (χ0v) is 12.6. The molecule has 2 aromatic heterocycles. The quantitative estimate of drug-likeness (QED) is 0.908. The van der Waals surface area contributed by atoms with E-state index in [4.69, 9.17) is 0 Å². The third-order valence-corrected chi connectivity index (χ3v) is 4.97. The third kappa shape index (κ3) is 2.58. The second-order valence-corrected chi connectivity index (χ2v) is 6.41. The largest absolute Gasteiger partial charge is 0.344 e. The van der Waals surface area contributed by atoms with E-state index in [1.54, 1.807) is 23.6 Å². The van der Waals surface area contributed by atoms with E-state index in [0.717, 1.165) is 23.7 Å². The lowest BCUT2D eigenvalue weighted by molar-refractivity contribution is 0.0927. The van der Waals surface area contributed by atoms with Crippen molar-refractivity contribution in [2.45, 2.75) is 25.3 Å². The molecule has 1 aliphatic carbocycles. The van der Waals surface area contributed by atoms with Crippen molar-refractivity contribution in [3.8, 4) is 0 Å². The zero-order chi connectivity index (χ0) is 13.2. The fourth-order valence-corrected chi connectivity index (χ4v) is 3.84. The summed E-state index contributed by atoms with van der Waals surface area (Å²) in [6.45, 7) is 0. The van der Waals surface area contributed by atoms with Crippen molar-refractivity contribution in [2.75, 3.05) is 0 Å². The number of fused-ring (bicyclic) bond motifs is 1. The molecular formula is C14H13BrN2OS. The van der Waals surface area contributed by atoms with Crippen LogP contribution in [0.3, 0.4) is 0 Å². The first-order valence-corrected chi connectivity index (χ1v) is 7.90. The average molecular weight is 337 g/mol. The topological polar surface area (TPSA) is 42.0 Å². The van der Waals surface area contributed by atoms with Crippen LogP contribution in [0, 0.1) is 0 Å². The highest BCUT2D eigenvalue weighted by Gasteiger charge is 2.24. The summed E-state index contributed by atoms with van der Waals surface area (Å²) in [6.07, 6.45) is 4.89. The maximum atomic E-state index is 12.3.